The molecule has 0 heterocycles. The van der Waals surface area contributed by atoms with Crippen LogP contribution in [0.4, 0.5) is 8.78 Å². The molecule has 4 nitrogen and oxygen atoms in total. The van der Waals surface area contributed by atoms with Crippen molar-refractivity contribution in [3.63, 3.8) is 0 Å². The van der Waals surface area contributed by atoms with E-state index in [2.05, 4.69) is 5.32 Å². The summed E-state index contributed by atoms with van der Waals surface area (Å²) in [5.74, 6) is -2.36. The zero-order valence-electron chi connectivity index (χ0n) is 15.2. The summed E-state index contributed by atoms with van der Waals surface area (Å²) >= 11 is 0. The van der Waals surface area contributed by atoms with Crippen molar-refractivity contribution in [1.82, 2.24) is 10.2 Å². The van der Waals surface area contributed by atoms with Crippen LogP contribution >= 0.6 is 0 Å². The van der Waals surface area contributed by atoms with E-state index < -0.39 is 17.5 Å². The zero-order chi connectivity index (χ0) is 19.4. The molecule has 1 saturated carbocycles. The number of aryl methyl sites for hydroxylation is 1. The minimum Gasteiger partial charge on any atom is -0.351 e. The number of benzene rings is 2. The Kier molecular flexibility index (Phi) is 5.84. The van der Waals surface area contributed by atoms with E-state index in [1.54, 1.807) is 0 Å². The molecule has 27 heavy (non-hydrogen) atoms. The Morgan fingerprint density at radius 1 is 1.11 bits per heavy atom. The quantitative estimate of drug-likeness (QED) is 0.808. The fourth-order valence-corrected chi connectivity index (χ4v) is 2.89. The highest BCUT2D eigenvalue weighted by molar-refractivity contribution is 5.94. The van der Waals surface area contributed by atoms with Gasteiger partial charge in [-0.15, -0.1) is 0 Å². The maximum Gasteiger partial charge on any atom is 0.254 e. The molecule has 3 rings (SSSR count). The number of hydrogen-bond donors (Lipinski definition) is 1. The zero-order valence-corrected chi connectivity index (χ0v) is 15.2. The molecule has 6 heteroatoms. The summed E-state index contributed by atoms with van der Waals surface area (Å²) < 4.78 is 26.5. The lowest BCUT2D eigenvalue weighted by Crippen LogP contribution is -2.35. The van der Waals surface area contributed by atoms with E-state index in [4.69, 9.17) is 0 Å². The Morgan fingerprint density at radius 2 is 1.81 bits per heavy atom. The minimum absolute atomic E-state index is 0.0436. The van der Waals surface area contributed by atoms with Crippen molar-refractivity contribution in [2.45, 2.75) is 38.8 Å². The Balaban J connectivity index is 1.53. The molecular formula is C21H22F2N2O2. The van der Waals surface area contributed by atoms with Gasteiger partial charge in [-0.1, -0.05) is 29.8 Å². The first-order valence-corrected chi connectivity index (χ1v) is 9.02. The van der Waals surface area contributed by atoms with E-state index in [0.717, 1.165) is 30.5 Å². The molecule has 1 N–H and O–H groups in total. The summed E-state index contributed by atoms with van der Waals surface area (Å²) in [6.45, 7) is 2.66. The maximum absolute atomic E-state index is 13.6. The Bertz CT molecular complexity index is 833. The van der Waals surface area contributed by atoms with Crippen molar-refractivity contribution in [3.8, 4) is 0 Å². The van der Waals surface area contributed by atoms with Gasteiger partial charge in [0.2, 0.25) is 5.91 Å². The van der Waals surface area contributed by atoms with Gasteiger partial charge in [-0.25, -0.2) is 8.78 Å². The SMILES string of the molecule is Cc1ccc(CN(C(=O)CCNC(=O)c2ccc(F)cc2F)C2CC2)cc1. The van der Waals surface area contributed by atoms with Crippen molar-refractivity contribution in [2.24, 2.45) is 0 Å². The molecule has 0 radical (unpaired) electrons. The monoisotopic (exact) mass is 372 g/mol. The molecule has 2 aromatic rings. The highest BCUT2D eigenvalue weighted by Crippen LogP contribution is 2.29. The smallest absolute Gasteiger partial charge is 0.254 e. The van der Waals surface area contributed by atoms with Crippen LogP contribution in [0.15, 0.2) is 42.5 Å². The van der Waals surface area contributed by atoms with Crippen LogP contribution in [0, 0.1) is 18.6 Å². The van der Waals surface area contributed by atoms with Gasteiger partial charge in [-0.2, -0.15) is 0 Å². The van der Waals surface area contributed by atoms with Crippen molar-refractivity contribution >= 4 is 11.8 Å². The number of nitrogens with zero attached hydrogens (tertiary/aromatic N) is 1. The van der Waals surface area contributed by atoms with Crippen LogP contribution in [-0.2, 0) is 11.3 Å². The summed E-state index contributed by atoms with van der Waals surface area (Å²) in [4.78, 5) is 26.4. The van der Waals surface area contributed by atoms with E-state index in [9.17, 15) is 18.4 Å². The van der Waals surface area contributed by atoms with E-state index in [0.29, 0.717) is 12.6 Å². The predicted octanol–water partition coefficient (Wildman–Crippen LogP) is 3.58. The number of hydrogen-bond acceptors (Lipinski definition) is 2. The van der Waals surface area contributed by atoms with Gasteiger partial charge in [-0.05, 0) is 37.5 Å². The number of nitrogens with one attached hydrogen (secondary N) is 1. The van der Waals surface area contributed by atoms with Crippen LogP contribution in [0.5, 0.6) is 0 Å². The molecule has 2 aromatic carbocycles. The first-order valence-electron chi connectivity index (χ1n) is 9.02. The van der Waals surface area contributed by atoms with Gasteiger partial charge in [0.05, 0.1) is 5.56 Å². The van der Waals surface area contributed by atoms with Gasteiger partial charge in [0.1, 0.15) is 11.6 Å². The number of carbonyl (C=O) groups is 2. The largest absolute Gasteiger partial charge is 0.351 e. The van der Waals surface area contributed by atoms with Crippen molar-refractivity contribution in [3.05, 3.63) is 70.8 Å². The number of carbonyl (C=O) groups excluding carboxylic acids is 2. The molecule has 0 atom stereocenters. The second-order valence-corrected chi connectivity index (χ2v) is 6.87. The van der Waals surface area contributed by atoms with Gasteiger partial charge in [0.25, 0.3) is 5.91 Å². The fourth-order valence-electron chi connectivity index (χ4n) is 2.89. The maximum atomic E-state index is 13.6. The van der Waals surface area contributed by atoms with Crippen LogP contribution in [0.3, 0.4) is 0 Å². The average Bonchev–Trinajstić information content (AvgIpc) is 3.46. The van der Waals surface area contributed by atoms with Crippen molar-refractivity contribution in [2.75, 3.05) is 6.54 Å². The average molecular weight is 372 g/mol. The van der Waals surface area contributed by atoms with Crippen LogP contribution in [-0.4, -0.2) is 29.3 Å². The normalized spacial score (nSPS) is 13.3. The highest BCUT2D eigenvalue weighted by atomic mass is 19.1. The molecule has 0 bridgehead atoms. The highest BCUT2D eigenvalue weighted by Gasteiger charge is 2.32. The molecule has 0 spiro atoms. The first kappa shape index (κ1) is 19.0. The van der Waals surface area contributed by atoms with E-state index in [1.807, 2.05) is 36.1 Å². The molecule has 1 fully saturated rings. The minimum atomic E-state index is -0.919. The second-order valence-electron chi connectivity index (χ2n) is 6.87. The van der Waals surface area contributed by atoms with E-state index in [-0.39, 0.29) is 30.5 Å². The molecule has 1 aliphatic carbocycles. The summed E-state index contributed by atoms with van der Waals surface area (Å²) in [5, 5.41) is 2.53. The summed E-state index contributed by atoms with van der Waals surface area (Å²) in [6.07, 6.45) is 2.12. The molecule has 0 aromatic heterocycles. The third-order valence-corrected chi connectivity index (χ3v) is 4.58. The Labute approximate surface area is 157 Å². The molecule has 142 valence electrons. The van der Waals surface area contributed by atoms with Gasteiger partial charge in [-0.3, -0.25) is 9.59 Å². The summed E-state index contributed by atoms with van der Waals surface area (Å²) in [7, 11) is 0. The van der Waals surface area contributed by atoms with E-state index >= 15 is 0 Å². The summed E-state index contributed by atoms with van der Waals surface area (Å²) in [5.41, 5.74) is 2.00. The molecular weight excluding hydrogens is 350 g/mol. The molecule has 1 aliphatic rings. The van der Waals surface area contributed by atoms with Gasteiger partial charge in [0, 0.05) is 31.6 Å². The van der Waals surface area contributed by atoms with Crippen LogP contribution < -0.4 is 5.32 Å². The standard InChI is InChI=1S/C21H22F2N2O2/c1-14-2-4-15(5-3-14)13-25(17-7-8-17)20(26)10-11-24-21(27)18-9-6-16(22)12-19(18)23/h2-6,9,12,17H,7-8,10-11,13H2,1H3,(H,24,27). The fraction of sp³-hybridized carbons (Fsp3) is 0.333. The Hall–Kier alpha value is -2.76. The molecule has 2 amide bonds. The van der Waals surface area contributed by atoms with Crippen LogP contribution in [0.1, 0.15) is 40.7 Å². The third-order valence-electron chi connectivity index (χ3n) is 4.58. The van der Waals surface area contributed by atoms with E-state index in [1.165, 1.54) is 5.56 Å². The van der Waals surface area contributed by atoms with Gasteiger partial charge >= 0.3 is 0 Å². The second kappa shape index (κ2) is 8.29. The summed E-state index contributed by atoms with van der Waals surface area (Å²) in [6, 6.07) is 11.1. The predicted molar refractivity (Wildman–Crippen MR) is 98.1 cm³/mol. The van der Waals surface area contributed by atoms with Gasteiger partial charge < -0.3 is 10.2 Å². The Morgan fingerprint density at radius 3 is 2.44 bits per heavy atom. The van der Waals surface area contributed by atoms with Crippen molar-refractivity contribution in [1.29, 1.82) is 0 Å². The topological polar surface area (TPSA) is 49.4 Å². The number of amides is 2. The lowest BCUT2D eigenvalue weighted by atomic mass is 10.1. The molecule has 0 aliphatic heterocycles. The number of rotatable bonds is 7. The van der Waals surface area contributed by atoms with Crippen LogP contribution in [0.25, 0.3) is 0 Å². The van der Waals surface area contributed by atoms with Crippen molar-refractivity contribution < 1.29 is 18.4 Å². The van der Waals surface area contributed by atoms with Crippen LogP contribution in [0.2, 0.25) is 0 Å². The molecule has 0 unspecified atom stereocenters. The molecule has 0 saturated heterocycles. The van der Waals surface area contributed by atoms with Gasteiger partial charge in [0.15, 0.2) is 0 Å². The third kappa shape index (κ3) is 5.12. The number of halogens is 2. The lowest BCUT2D eigenvalue weighted by Gasteiger charge is -2.23. The lowest BCUT2D eigenvalue weighted by molar-refractivity contribution is -0.132. The first-order chi connectivity index (χ1) is 12.9.